The van der Waals surface area contributed by atoms with Gasteiger partial charge in [0.05, 0.1) is 6.04 Å². The van der Waals surface area contributed by atoms with Crippen molar-refractivity contribution in [2.24, 2.45) is 0 Å². The fraction of sp³-hybridized carbons (Fsp3) is 0.333. The maximum atomic E-state index is 13.2. The molecule has 1 heterocycles. The van der Waals surface area contributed by atoms with Gasteiger partial charge in [0.25, 0.3) is 0 Å². The van der Waals surface area contributed by atoms with E-state index in [1.165, 1.54) is 12.1 Å². The highest BCUT2D eigenvalue weighted by atomic mass is 19.1. The van der Waals surface area contributed by atoms with Gasteiger partial charge in [0.15, 0.2) is 0 Å². The molecule has 0 aliphatic carbocycles. The molecular formula is C21H23FN2O3. The van der Waals surface area contributed by atoms with E-state index >= 15 is 0 Å². The third-order valence-corrected chi connectivity index (χ3v) is 4.71. The predicted octanol–water partition coefficient (Wildman–Crippen LogP) is 3.80. The molecule has 0 bridgehead atoms. The smallest absolute Gasteiger partial charge is 0.408 e. The van der Waals surface area contributed by atoms with Gasteiger partial charge in [-0.15, -0.1) is 0 Å². The van der Waals surface area contributed by atoms with Crippen LogP contribution in [0.2, 0.25) is 0 Å². The van der Waals surface area contributed by atoms with Gasteiger partial charge < -0.3 is 15.0 Å². The zero-order valence-corrected chi connectivity index (χ0v) is 15.2. The highest BCUT2D eigenvalue weighted by Gasteiger charge is 2.33. The Labute approximate surface area is 158 Å². The highest BCUT2D eigenvalue weighted by molar-refractivity contribution is 5.85. The molecule has 5 nitrogen and oxygen atoms in total. The number of nitrogens with zero attached hydrogens (tertiary/aromatic N) is 1. The molecule has 0 unspecified atom stereocenters. The van der Waals surface area contributed by atoms with Gasteiger partial charge in [0, 0.05) is 6.54 Å². The zero-order valence-electron chi connectivity index (χ0n) is 15.2. The number of rotatable bonds is 5. The third kappa shape index (κ3) is 4.84. The lowest BCUT2D eigenvalue weighted by Gasteiger charge is -2.28. The third-order valence-electron chi connectivity index (χ3n) is 4.71. The molecule has 2 aromatic carbocycles. The van der Waals surface area contributed by atoms with Crippen LogP contribution in [0.3, 0.4) is 0 Å². The van der Waals surface area contributed by atoms with Gasteiger partial charge in [-0.25, -0.2) is 9.18 Å². The first-order chi connectivity index (χ1) is 13.0. The predicted molar refractivity (Wildman–Crippen MR) is 99.3 cm³/mol. The zero-order chi connectivity index (χ0) is 19.2. The number of ether oxygens (including phenoxy) is 1. The Balaban J connectivity index is 1.55. The van der Waals surface area contributed by atoms with Crippen LogP contribution in [-0.2, 0) is 16.1 Å². The van der Waals surface area contributed by atoms with Crippen LogP contribution in [0.25, 0.3) is 0 Å². The molecule has 0 aromatic heterocycles. The van der Waals surface area contributed by atoms with Crippen LogP contribution < -0.4 is 5.32 Å². The summed E-state index contributed by atoms with van der Waals surface area (Å²) in [4.78, 5) is 26.5. The molecule has 0 radical (unpaired) electrons. The first-order valence-corrected chi connectivity index (χ1v) is 9.08. The van der Waals surface area contributed by atoms with Crippen LogP contribution in [0, 0.1) is 5.82 Å². The van der Waals surface area contributed by atoms with Crippen molar-refractivity contribution in [1.82, 2.24) is 10.2 Å². The van der Waals surface area contributed by atoms with Gasteiger partial charge in [-0.05, 0) is 43.0 Å². The van der Waals surface area contributed by atoms with Crippen molar-refractivity contribution in [2.75, 3.05) is 6.54 Å². The molecule has 1 aliphatic rings. The number of carbonyl (C=O) groups is 2. The molecular weight excluding hydrogens is 347 g/mol. The quantitative estimate of drug-likeness (QED) is 0.871. The van der Waals surface area contributed by atoms with E-state index in [0.717, 1.165) is 24.0 Å². The van der Waals surface area contributed by atoms with Gasteiger partial charge in [-0.3, -0.25) is 4.79 Å². The van der Waals surface area contributed by atoms with Crippen molar-refractivity contribution in [3.63, 3.8) is 0 Å². The van der Waals surface area contributed by atoms with Crippen LogP contribution in [0.4, 0.5) is 9.18 Å². The highest BCUT2D eigenvalue weighted by Crippen LogP contribution is 2.32. The number of nitrogens with one attached hydrogen (secondary N) is 1. The summed E-state index contributed by atoms with van der Waals surface area (Å²) >= 11 is 0. The summed E-state index contributed by atoms with van der Waals surface area (Å²) in [5.41, 5.74) is 1.78. The number of benzene rings is 2. The second-order valence-electron chi connectivity index (χ2n) is 6.67. The second kappa shape index (κ2) is 8.66. The summed E-state index contributed by atoms with van der Waals surface area (Å²) in [6.07, 6.45) is 1.07. The molecule has 3 rings (SSSR count). The number of alkyl carbamates (subject to hydrolysis) is 1. The first-order valence-electron chi connectivity index (χ1n) is 9.08. The van der Waals surface area contributed by atoms with Crippen molar-refractivity contribution in [3.8, 4) is 0 Å². The summed E-state index contributed by atoms with van der Waals surface area (Å²) < 4.78 is 18.3. The Kier molecular flexibility index (Phi) is 6.06. The number of halogens is 1. The van der Waals surface area contributed by atoms with Gasteiger partial charge in [-0.2, -0.15) is 0 Å². The lowest BCUT2D eigenvalue weighted by atomic mass is 10.0. The first kappa shape index (κ1) is 18.9. The molecule has 1 saturated heterocycles. The average molecular weight is 370 g/mol. The molecule has 2 atom stereocenters. The maximum Gasteiger partial charge on any atom is 0.408 e. The second-order valence-corrected chi connectivity index (χ2v) is 6.67. The summed E-state index contributed by atoms with van der Waals surface area (Å²) in [5, 5.41) is 2.60. The SMILES string of the molecule is C[C@@H](NC(=O)OCc1ccccc1)C(=O)N1CCC[C@@H]1c1ccc(F)cc1. The largest absolute Gasteiger partial charge is 0.445 e. The Morgan fingerprint density at radius 2 is 1.89 bits per heavy atom. The number of amides is 2. The van der Waals surface area contributed by atoms with Crippen molar-refractivity contribution < 1.29 is 18.7 Å². The number of hydrogen-bond acceptors (Lipinski definition) is 3. The van der Waals surface area contributed by atoms with E-state index in [-0.39, 0.29) is 24.4 Å². The van der Waals surface area contributed by atoms with Crippen LogP contribution in [0.5, 0.6) is 0 Å². The Bertz CT molecular complexity index is 780. The van der Waals surface area contributed by atoms with Crippen LogP contribution >= 0.6 is 0 Å². The van der Waals surface area contributed by atoms with Gasteiger partial charge in [0.1, 0.15) is 18.5 Å². The molecule has 2 amide bonds. The normalized spacial score (nSPS) is 17.4. The van der Waals surface area contributed by atoms with Gasteiger partial charge >= 0.3 is 6.09 Å². The minimum Gasteiger partial charge on any atom is -0.445 e. The van der Waals surface area contributed by atoms with E-state index in [9.17, 15) is 14.0 Å². The van der Waals surface area contributed by atoms with E-state index in [1.54, 1.807) is 24.0 Å². The molecule has 142 valence electrons. The monoisotopic (exact) mass is 370 g/mol. The number of likely N-dealkylation sites (tertiary alicyclic amines) is 1. The Hall–Kier alpha value is -2.89. The minimum absolute atomic E-state index is 0.0947. The van der Waals surface area contributed by atoms with E-state index in [2.05, 4.69) is 5.32 Å². The summed E-state index contributed by atoms with van der Waals surface area (Å²) in [6, 6.07) is 14.8. The molecule has 1 fully saturated rings. The standard InChI is InChI=1S/C21H23FN2O3/c1-15(23-21(26)27-14-16-6-3-2-4-7-16)20(25)24-13-5-8-19(24)17-9-11-18(22)12-10-17/h2-4,6-7,9-12,15,19H,5,8,13-14H2,1H3,(H,23,26)/t15-,19-/m1/s1. The molecule has 27 heavy (non-hydrogen) atoms. The lowest BCUT2D eigenvalue weighted by Crippen LogP contribution is -2.46. The Morgan fingerprint density at radius 3 is 2.59 bits per heavy atom. The summed E-state index contributed by atoms with van der Waals surface area (Å²) in [5.74, 6) is -0.468. The van der Waals surface area contributed by atoms with Gasteiger partial charge in [-0.1, -0.05) is 42.5 Å². The van der Waals surface area contributed by atoms with Crippen LogP contribution in [0.1, 0.15) is 36.9 Å². The van der Waals surface area contributed by atoms with Crippen molar-refractivity contribution >= 4 is 12.0 Å². The molecule has 1 N–H and O–H groups in total. The molecule has 0 saturated carbocycles. The van der Waals surface area contributed by atoms with Gasteiger partial charge in [0.2, 0.25) is 5.91 Å². The molecule has 1 aliphatic heterocycles. The number of hydrogen-bond donors (Lipinski definition) is 1. The van der Waals surface area contributed by atoms with Crippen molar-refractivity contribution in [1.29, 1.82) is 0 Å². The minimum atomic E-state index is -0.700. The van der Waals surface area contributed by atoms with Crippen molar-refractivity contribution in [2.45, 2.75) is 38.5 Å². The molecule has 0 spiro atoms. The van der Waals surface area contributed by atoms with Crippen LogP contribution in [0.15, 0.2) is 54.6 Å². The molecule has 6 heteroatoms. The maximum absolute atomic E-state index is 13.2. The van der Waals surface area contributed by atoms with E-state index in [4.69, 9.17) is 4.74 Å². The average Bonchev–Trinajstić information content (AvgIpc) is 3.17. The fourth-order valence-corrected chi connectivity index (χ4v) is 3.31. The molecule has 2 aromatic rings. The van der Waals surface area contributed by atoms with E-state index in [0.29, 0.717) is 6.54 Å². The fourth-order valence-electron chi connectivity index (χ4n) is 3.31. The van der Waals surface area contributed by atoms with E-state index < -0.39 is 12.1 Å². The summed E-state index contributed by atoms with van der Waals surface area (Å²) in [6.45, 7) is 2.41. The van der Waals surface area contributed by atoms with E-state index in [1.807, 2.05) is 30.3 Å². The van der Waals surface area contributed by atoms with Crippen molar-refractivity contribution in [3.05, 3.63) is 71.5 Å². The summed E-state index contributed by atoms with van der Waals surface area (Å²) in [7, 11) is 0. The van der Waals surface area contributed by atoms with Crippen LogP contribution in [-0.4, -0.2) is 29.5 Å². The topological polar surface area (TPSA) is 58.6 Å². The lowest BCUT2D eigenvalue weighted by molar-refractivity contribution is -0.133. The number of carbonyl (C=O) groups excluding carboxylic acids is 2. The Morgan fingerprint density at radius 1 is 1.19 bits per heavy atom.